The molecule has 0 aromatic heterocycles. The molecule has 122 valence electrons. The molecule has 0 aliphatic heterocycles. The number of benzene rings is 1. The first kappa shape index (κ1) is 18.2. The Kier molecular flexibility index (Phi) is 7.60. The van der Waals surface area contributed by atoms with Crippen LogP contribution in [0.2, 0.25) is 0 Å². The molecule has 2 atom stereocenters. The van der Waals surface area contributed by atoms with Gasteiger partial charge in [0.2, 0.25) is 0 Å². The third-order valence-corrected chi connectivity index (χ3v) is 3.81. The van der Waals surface area contributed by atoms with Crippen LogP contribution in [0.3, 0.4) is 0 Å². The number of hydrogen-bond acceptors (Lipinski definition) is 4. The molecule has 22 heavy (non-hydrogen) atoms. The van der Waals surface area contributed by atoms with Crippen LogP contribution < -0.4 is 15.2 Å². The highest BCUT2D eigenvalue weighted by molar-refractivity contribution is 5.96. The van der Waals surface area contributed by atoms with Crippen LogP contribution in [0.5, 0.6) is 5.75 Å². The fourth-order valence-electron chi connectivity index (χ4n) is 2.26. The number of ether oxygens (including phenoxy) is 1. The summed E-state index contributed by atoms with van der Waals surface area (Å²) in [5, 5.41) is 12.8. The lowest BCUT2D eigenvalue weighted by atomic mass is 9.99. The van der Waals surface area contributed by atoms with Gasteiger partial charge in [0.05, 0.1) is 25.5 Å². The molecule has 1 aromatic carbocycles. The highest BCUT2D eigenvalue weighted by Crippen LogP contribution is 2.13. The van der Waals surface area contributed by atoms with Gasteiger partial charge in [-0.05, 0) is 37.6 Å². The van der Waals surface area contributed by atoms with Gasteiger partial charge in [-0.3, -0.25) is 4.79 Å². The first-order chi connectivity index (χ1) is 10.5. The average Bonchev–Trinajstić information content (AvgIpc) is 2.51. The van der Waals surface area contributed by atoms with Crippen LogP contribution in [0, 0.1) is 5.92 Å². The van der Waals surface area contributed by atoms with Gasteiger partial charge in [0.25, 0.3) is 0 Å². The number of carbonyl (C=O) groups is 2. The number of ketones is 1. The Labute approximate surface area is 131 Å². The Morgan fingerprint density at radius 2 is 1.86 bits per heavy atom. The lowest BCUT2D eigenvalue weighted by Gasteiger charge is -2.21. The quantitative estimate of drug-likeness (QED) is 0.634. The van der Waals surface area contributed by atoms with E-state index in [0.29, 0.717) is 25.1 Å². The third kappa shape index (κ3) is 5.48. The third-order valence-electron chi connectivity index (χ3n) is 3.81. The number of Topliss-reactive ketones (excluding diaryl/α,β-unsaturated/α-hetero) is 1. The normalized spacial score (nSPS) is 13.4. The summed E-state index contributed by atoms with van der Waals surface area (Å²) in [6, 6.07) is 6.40. The molecule has 0 amide bonds. The number of nitrogens with two attached hydrogens (primary N) is 1. The van der Waals surface area contributed by atoms with Crippen LogP contribution in [-0.4, -0.2) is 30.9 Å². The van der Waals surface area contributed by atoms with E-state index in [9.17, 15) is 14.7 Å². The number of quaternary nitrogens is 1. The van der Waals surface area contributed by atoms with Crippen molar-refractivity contribution in [1.29, 1.82) is 0 Å². The smallest absolute Gasteiger partial charge is 0.168 e. The van der Waals surface area contributed by atoms with Crippen LogP contribution in [0.25, 0.3) is 0 Å². The minimum atomic E-state index is -1.07. The van der Waals surface area contributed by atoms with Crippen LogP contribution in [0.4, 0.5) is 0 Å². The Hall–Kier alpha value is -1.88. The summed E-state index contributed by atoms with van der Waals surface area (Å²) >= 11 is 0. The van der Waals surface area contributed by atoms with E-state index in [1.807, 2.05) is 20.8 Å². The Balaban J connectivity index is 2.49. The van der Waals surface area contributed by atoms with Crippen LogP contribution >= 0.6 is 0 Å². The summed E-state index contributed by atoms with van der Waals surface area (Å²) in [7, 11) is 0. The molecule has 0 fully saturated rings. The zero-order chi connectivity index (χ0) is 16.5. The first-order valence-corrected chi connectivity index (χ1v) is 7.79. The van der Waals surface area contributed by atoms with E-state index in [1.54, 1.807) is 29.6 Å². The van der Waals surface area contributed by atoms with Gasteiger partial charge in [0, 0.05) is 11.5 Å². The Bertz CT molecular complexity index is 484. The zero-order valence-electron chi connectivity index (χ0n) is 13.5. The van der Waals surface area contributed by atoms with Gasteiger partial charge in [-0.25, -0.2) is 0 Å². The van der Waals surface area contributed by atoms with E-state index in [1.165, 1.54) is 0 Å². The summed E-state index contributed by atoms with van der Waals surface area (Å²) in [4.78, 5) is 23.2. The number of carboxylic acid groups (broad SMARTS) is 1. The molecule has 0 aliphatic carbocycles. The van der Waals surface area contributed by atoms with Gasteiger partial charge in [0.1, 0.15) is 11.8 Å². The molecule has 0 spiro atoms. The molecule has 0 heterocycles. The summed E-state index contributed by atoms with van der Waals surface area (Å²) in [6.45, 7) is 6.75. The minimum Gasteiger partial charge on any atom is -0.544 e. The van der Waals surface area contributed by atoms with Crippen molar-refractivity contribution in [3.8, 4) is 5.75 Å². The highest BCUT2D eigenvalue weighted by atomic mass is 16.5. The van der Waals surface area contributed by atoms with E-state index in [-0.39, 0.29) is 11.7 Å². The lowest BCUT2D eigenvalue weighted by molar-refractivity contribution is -0.688. The molecular formula is C17H25NO4. The molecule has 5 heteroatoms. The molecule has 0 saturated heterocycles. The zero-order valence-corrected chi connectivity index (χ0v) is 13.5. The predicted molar refractivity (Wildman–Crippen MR) is 81.6 cm³/mol. The van der Waals surface area contributed by atoms with Crippen LogP contribution in [0.1, 0.15) is 44.0 Å². The van der Waals surface area contributed by atoms with Crippen molar-refractivity contribution in [1.82, 2.24) is 0 Å². The summed E-state index contributed by atoms with van der Waals surface area (Å²) in [5.74, 6) is -0.312. The summed E-state index contributed by atoms with van der Waals surface area (Å²) < 4.78 is 5.33. The van der Waals surface area contributed by atoms with Crippen molar-refractivity contribution in [2.24, 2.45) is 5.92 Å². The van der Waals surface area contributed by atoms with Crippen molar-refractivity contribution < 1.29 is 24.7 Å². The van der Waals surface area contributed by atoms with Gasteiger partial charge in [0.15, 0.2) is 5.78 Å². The van der Waals surface area contributed by atoms with E-state index in [0.717, 1.165) is 12.2 Å². The van der Waals surface area contributed by atoms with Gasteiger partial charge in [-0.1, -0.05) is 13.8 Å². The SMILES string of the molecule is CCOc1ccc(C(=O)CC[NH2+]C(C(=O)[O-])C(C)CC)cc1. The second kappa shape index (κ2) is 9.20. The number of hydrogen-bond donors (Lipinski definition) is 1. The number of aliphatic carboxylic acids is 1. The van der Waals surface area contributed by atoms with Crippen molar-refractivity contribution in [3.05, 3.63) is 29.8 Å². The molecule has 2 N–H and O–H groups in total. The van der Waals surface area contributed by atoms with Gasteiger partial charge in [-0.15, -0.1) is 0 Å². The Morgan fingerprint density at radius 3 is 2.36 bits per heavy atom. The van der Waals surface area contributed by atoms with Gasteiger partial charge in [-0.2, -0.15) is 0 Å². The highest BCUT2D eigenvalue weighted by Gasteiger charge is 2.20. The molecule has 1 rings (SSSR count). The predicted octanol–water partition coefficient (Wildman–Crippen LogP) is 0.386. The first-order valence-electron chi connectivity index (χ1n) is 7.79. The summed E-state index contributed by atoms with van der Waals surface area (Å²) in [5.41, 5.74) is 0.616. The number of rotatable bonds is 10. The minimum absolute atomic E-state index is 0.000507. The van der Waals surface area contributed by atoms with E-state index >= 15 is 0 Å². The van der Waals surface area contributed by atoms with Gasteiger partial charge >= 0.3 is 0 Å². The van der Waals surface area contributed by atoms with Crippen molar-refractivity contribution >= 4 is 11.8 Å². The van der Waals surface area contributed by atoms with Crippen molar-refractivity contribution in [2.75, 3.05) is 13.2 Å². The molecular weight excluding hydrogens is 282 g/mol. The maximum absolute atomic E-state index is 12.1. The maximum Gasteiger partial charge on any atom is 0.168 e. The topological polar surface area (TPSA) is 83.0 Å². The molecule has 5 nitrogen and oxygen atoms in total. The Morgan fingerprint density at radius 1 is 1.23 bits per heavy atom. The molecule has 1 aromatic rings. The fourth-order valence-corrected chi connectivity index (χ4v) is 2.26. The van der Waals surface area contributed by atoms with Crippen molar-refractivity contribution in [2.45, 2.75) is 39.7 Å². The standard InChI is InChI=1S/C17H25NO4/c1-4-12(3)16(17(20)21)18-11-10-15(19)13-6-8-14(9-7-13)22-5-2/h6-9,12,16,18H,4-5,10-11H2,1-3H3,(H,20,21). The molecule has 0 saturated carbocycles. The monoisotopic (exact) mass is 307 g/mol. The van der Waals surface area contributed by atoms with Gasteiger partial charge < -0.3 is 20.0 Å². The molecule has 0 radical (unpaired) electrons. The van der Waals surface area contributed by atoms with E-state index in [2.05, 4.69) is 0 Å². The second-order valence-electron chi connectivity index (χ2n) is 5.39. The number of carbonyl (C=O) groups excluding carboxylic acids is 2. The second-order valence-corrected chi connectivity index (χ2v) is 5.39. The van der Waals surface area contributed by atoms with Crippen LogP contribution in [-0.2, 0) is 4.79 Å². The molecule has 0 aliphatic rings. The lowest BCUT2D eigenvalue weighted by Crippen LogP contribution is -2.94. The van der Waals surface area contributed by atoms with E-state index < -0.39 is 12.0 Å². The largest absolute Gasteiger partial charge is 0.544 e. The van der Waals surface area contributed by atoms with E-state index in [4.69, 9.17) is 4.74 Å². The fraction of sp³-hybridized carbons (Fsp3) is 0.529. The van der Waals surface area contributed by atoms with Crippen molar-refractivity contribution in [3.63, 3.8) is 0 Å². The molecule has 0 bridgehead atoms. The number of carboxylic acids is 1. The van der Waals surface area contributed by atoms with Crippen LogP contribution in [0.15, 0.2) is 24.3 Å². The molecule has 2 unspecified atom stereocenters. The summed E-state index contributed by atoms with van der Waals surface area (Å²) in [6.07, 6.45) is 1.07. The average molecular weight is 307 g/mol. The maximum atomic E-state index is 12.1.